The first kappa shape index (κ1) is 15.7. The van der Waals surface area contributed by atoms with E-state index in [1.807, 2.05) is 0 Å². The van der Waals surface area contributed by atoms with Gasteiger partial charge in [-0.15, -0.1) is 11.8 Å². The number of thioether (sulfide) groups is 1. The summed E-state index contributed by atoms with van der Waals surface area (Å²) in [6, 6.07) is 1.59. The number of carbonyl (C=O) groups is 1. The van der Waals surface area contributed by atoms with Gasteiger partial charge in [-0.3, -0.25) is 0 Å². The van der Waals surface area contributed by atoms with Gasteiger partial charge in [-0.2, -0.15) is 5.10 Å². The average Bonchev–Trinajstić information content (AvgIpc) is 2.94. The molecule has 1 atom stereocenters. The molecule has 23 heavy (non-hydrogen) atoms. The van der Waals surface area contributed by atoms with E-state index in [-0.39, 0.29) is 16.6 Å². The number of aromatic nitrogens is 3. The molecule has 3 rings (SSSR count). The van der Waals surface area contributed by atoms with Gasteiger partial charge in [-0.1, -0.05) is 0 Å². The Balaban J connectivity index is 1.62. The molecule has 1 aromatic carbocycles. The lowest BCUT2D eigenvalue weighted by molar-refractivity contribution is 0.243. The maximum absolute atomic E-state index is 13.7. The lowest BCUT2D eigenvalue weighted by Crippen LogP contribution is -2.43. The molecule has 2 heterocycles. The van der Waals surface area contributed by atoms with Gasteiger partial charge in [-0.05, 0) is 24.8 Å². The summed E-state index contributed by atoms with van der Waals surface area (Å²) in [7, 11) is 0. The molecular weight excluding hydrogens is 324 g/mol. The van der Waals surface area contributed by atoms with Crippen LogP contribution in [0, 0.1) is 11.6 Å². The molecule has 1 aliphatic rings. The van der Waals surface area contributed by atoms with Crippen LogP contribution in [0.1, 0.15) is 12.2 Å². The monoisotopic (exact) mass is 339 g/mol. The predicted octanol–water partition coefficient (Wildman–Crippen LogP) is 2.41. The summed E-state index contributed by atoms with van der Waals surface area (Å²) in [4.78, 5) is 16.0. The number of aryl methyl sites for hydroxylation is 1. The SMILES string of the molecule is CSc1c(F)cc(NC(=O)NC2CCc3ncnn3C2)cc1F. The third-order valence-corrected chi connectivity index (χ3v) is 4.40. The fourth-order valence-corrected chi connectivity index (χ4v) is 3.04. The minimum absolute atomic E-state index is 0.0676. The molecule has 0 saturated carbocycles. The zero-order valence-electron chi connectivity index (χ0n) is 12.3. The van der Waals surface area contributed by atoms with Crippen molar-refractivity contribution in [1.29, 1.82) is 0 Å². The van der Waals surface area contributed by atoms with Crippen LogP contribution in [0.4, 0.5) is 19.3 Å². The van der Waals surface area contributed by atoms with E-state index in [1.54, 1.807) is 10.9 Å². The Morgan fingerprint density at radius 3 is 2.83 bits per heavy atom. The second kappa shape index (κ2) is 6.53. The standard InChI is InChI=1S/C14H15F2N5OS/c1-23-13-10(15)4-9(5-11(13)16)20-14(22)19-8-2-3-12-17-7-18-21(12)6-8/h4-5,7-8H,2-3,6H2,1H3,(H2,19,20,22). The molecule has 2 N–H and O–H groups in total. The Bertz CT molecular complexity index is 713. The summed E-state index contributed by atoms with van der Waals surface area (Å²) < 4.78 is 29.1. The molecule has 6 nitrogen and oxygen atoms in total. The quantitative estimate of drug-likeness (QED) is 0.843. The molecule has 2 aromatic rings. The Labute approximate surface area is 135 Å². The van der Waals surface area contributed by atoms with Crippen molar-refractivity contribution < 1.29 is 13.6 Å². The van der Waals surface area contributed by atoms with Crippen molar-refractivity contribution in [2.45, 2.75) is 30.3 Å². The third-order valence-electron chi connectivity index (χ3n) is 3.60. The largest absolute Gasteiger partial charge is 0.333 e. The predicted molar refractivity (Wildman–Crippen MR) is 82.4 cm³/mol. The van der Waals surface area contributed by atoms with Crippen molar-refractivity contribution in [3.63, 3.8) is 0 Å². The molecule has 1 unspecified atom stereocenters. The Morgan fingerprint density at radius 2 is 2.13 bits per heavy atom. The number of carbonyl (C=O) groups excluding carboxylic acids is 1. The van der Waals surface area contributed by atoms with Gasteiger partial charge >= 0.3 is 6.03 Å². The first-order chi connectivity index (χ1) is 11.1. The van der Waals surface area contributed by atoms with Gasteiger partial charge in [0.15, 0.2) is 0 Å². The molecule has 2 amide bonds. The van der Waals surface area contributed by atoms with E-state index in [1.165, 1.54) is 6.33 Å². The third kappa shape index (κ3) is 3.44. The highest BCUT2D eigenvalue weighted by Gasteiger charge is 2.21. The van der Waals surface area contributed by atoms with E-state index >= 15 is 0 Å². The average molecular weight is 339 g/mol. The van der Waals surface area contributed by atoms with Crippen molar-refractivity contribution in [2.24, 2.45) is 0 Å². The van der Waals surface area contributed by atoms with Crippen molar-refractivity contribution in [1.82, 2.24) is 20.1 Å². The van der Waals surface area contributed by atoms with Gasteiger partial charge in [0, 0.05) is 12.1 Å². The van der Waals surface area contributed by atoms with Crippen LogP contribution in [0.15, 0.2) is 23.4 Å². The first-order valence-electron chi connectivity index (χ1n) is 7.04. The highest BCUT2D eigenvalue weighted by atomic mass is 32.2. The van der Waals surface area contributed by atoms with E-state index in [0.29, 0.717) is 6.54 Å². The first-order valence-corrected chi connectivity index (χ1v) is 8.26. The summed E-state index contributed by atoms with van der Waals surface area (Å²) in [5.74, 6) is -0.504. The minimum Gasteiger partial charge on any atom is -0.333 e. The lowest BCUT2D eigenvalue weighted by atomic mass is 10.1. The van der Waals surface area contributed by atoms with E-state index in [0.717, 1.165) is 42.6 Å². The number of anilines is 1. The van der Waals surface area contributed by atoms with Crippen LogP contribution in [0.3, 0.4) is 0 Å². The van der Waals surface area contributed by atoms with Crippen molar-refractivity contribution in [3.8, 4) is 0 Å². The van der Waals surface area contributed by atoms with Crippen LogP contribution in [0.2, 0.25) is 0 Å². The van der Waals surface area contributed by atoms with Crippen LogP contribution in [-0.4, -0.2) is 33.1 Å². The molecule has 9 heteroatoms. The van der Waals surface area contributed by atoms with Gasteiger partial charge in [0.1, 0.15) is 23.8 Å². The molecule has 1 aliphatic heterocycles. The number of nitrogens with zero attached hydrogens (tertiary/aromatic N) is 3. The zero-order chi connectivity index (χ0) is 16.4. The number of benzene rings is 1. The molecule has 0 aliphatic carbocycles. The number of nitrogens with one attached hydrogen (secondary N) is 2. The molecule has 0 saturated heterocycles. The molecule has 0 spiro atoms. The highest BCUT2D eigenvalue weighted by molar-refractivity contribution is 7.98. The van der Waals surface area contributed by atoms with Gasteiger partial charge in [0.05, 0.1) is 17.5 Å². The van der Waals surface area contributed by atoms with Gasteiger partial charge in [-0.25, -0.2) is 23.2 Å². The van der Waals surface area contributed by atoms with E-state index in [9.17, 15) is 13.6 Å². The second-order valence-corrected chi connectivity index (χ2v) is 5.98. The fourth-order valence-electron chi connectivity index (χ4n) is 2.54. The van der Waals surface area contributed by atoms with Crippen LogP contribution >= 0.6 is 11.8 Å². The Hall–Kier alpha value is -2.16. The molecule has 0 radical (unpaired) electrons. The zero-order valence-corrected chi connectivity index (χ0v) is 13.2. The van der Waals surface area contributed by atoms with Crippen LogP contribution in [-0.2, 0) is 13.0 Å². The molecular formula is C14H15F2N5OS. The number of halogens is 2. The van der Waals surface area contributed by atoms with Crippen LogP contribution < -0.4 is 10.6 Å². The maximum atomic E-state index is 13.7. The van der Waals surface area contributed by atoms with Crippen LogP contribution in [0.25, 0.3) is 0 Å². The minimum atomic E-state index is -0.697. The van der Waals surface area contributed by atoms with E-state index in [2.05, 4.69) is 20.7 Å². The summed E-state index contributed by atoms with van der Waals surface area (Å²) in [5, 5.41) is 9.31. The van der Waals surface area contributed by atoms with Gasteiger partial charge in [0.25, 0.3) is 0 Å². The lowest BCUT2D eigenvalue weighted by Gasteiger charge is -2.23. The topological polar surface area (TPSA) is 71.8 Å². The number of hydrogen-bond donors (Lipinski definition) is 2. The maximum Gasteiger partial charge on any atom is 0.319 e. The fraction of sp³-hybridized carbons (Fsp3) is 0.357. The highest BCUT2D eigenvalue weighted by Crippen LogP contribution is 2.26. The normalized spacial score (nSPS) is 16.7. The number of fused-ring (bicyclic) bond motifs is 1. The summed E-state index contributed by atoms with van der Waals surface area (Å²) >= 11 is 0.978. The van der Waals surface area contributed by atoms with Crippen molar-refractivity contribution in [3.05, 3.63) is 35.9 Å². The molecule has 0 fully saturated rings. The number of urea groups is 1. The second-order valence-electron chi connectivity index (χ2n) is 5.17. The molecule has 0 bridgehead atoms. The Morgan fingerprint density at radius 1 is 1.39 bits per heavy atom. The van der Waals surface area contributed by atoms with Gasteiger partial charge in [0.2, 0.25) is 0 Å². The smallest absolute Gasteiger partial charge is 0.319 e. The van der Waals surface area contributed by atoms with Crippen molar-refractivity contribution >= 4 is 23.5 Å². The number of hydrogen-bond acceptors (Lipinski definition) is 4. The summed E-state index contributed by atoms with van der Waals surface area (Å²) in [6.07, 6.45) is 4.52. The number of rotatable bonds is 3. The number of amides is 2. The van der Waals surface area contributed by atoms with Crippen molar-refractivity contribution in [2.75, 3.05) is 11.6 Å². The van der Waals surface area contributed by atoms with Crippen LogP contribution in [0.5, 0.6) is 0 Å². The van der Waals surface area contributed by atoms with Gasteiger partial charge < -0.3 is 10.6 Å². The Kier molecular flexibility index (Phi) is 4.46. The summed E-state index contributed by atoms with van der Waals surface area (Å²) in [6.45, 7) is 0.525. The van der Waals surface area contributed by atoms with E-state index in [4.69, 9.17) is 0 Å². The van der Waals surface area contributed by atoms with E-state index < -0.39 is 17.7 Å². The molecule has 122 valence electrons. The molecule has 1 aromatic heterocycles. The summed E-state index contributed by atoms with van der Waals surface area (Å²) in [5.41, 5.74) is 0.0764.